The Kier molecular flexibility index (Phi) is 32.8. The van der Waals surface area contributed by atoms with E-state index in [1.807, 2.05) is 0 Å². The Bertz CT molecular complexity index is 818. The summed E-state index contributed by atoms with van der Waals surface area (Å²) in [5, 5.41) is 23.3. The van der Waals surface area contributed by atoms with Gasteiger partial charge in [-0.3, -0.25) is 9.35 Å². The van der Waals surface area contributed by atoms with Gasteiger partial charge < -0.3 is 15.5 Å². The van der Waals surface area contributed by atoms with Gasteiger partial charge in [-0.05, 0) is 19.3 Å². The topological polar surface area (TPSA) is 124 Å². The summed E-state index contributed by atoms with van der Waals surface area (Å²) in [5.74, 6) is -1.53. The summed E-state index contributed by atoms with van der Waals surface area (Å²) in [6, 6.07) is -1.22. The number of amides is 1. The standard InChI is InChI=1S/C39H77NO6S/c1-3-5-7-9-11-13-14-15-16-17-18-19-20-21-22-23-24-26-28-30-32-34-38(42)39(43)40-36(35-47(44,45)46)37(41)33-31-29-27-25-12-10-8-6-4-2/h31,33,36-38,41-42H,3-30,32,34-35H2,1-2H3,(H,40,43)(H,44,45,46)/b33-31+. The van der Waals surface area contributed by atoms with E-state index in [-0.39, 0.29) is 6.42 Å². The minimum Gasteiger partial charge on any atom is -0.387 e. The number of unbranched alkanes of at least 4 members (excludes halogenated alkanes) is 27. The van der Waals surface area contributed by atoms with Gasteiger partial charge in [0.1, 0.15) is 6.10 Å². The molecular formula is C39H77NO6S. The predicted octanol–water partition coefficient (Wildman–Crippen LogP) is 10.4. The van der Waals surface area contributed by atoms with Crippen LogP contribution in [0, 0.1) is 0 Å². The summed E-state index contributed by atoms with van der Waals surface area (Å²) in [6.45, 7) is 4.47. The van der Waals surface area contributed by atoms with Crippen LogP contribution in [0.3, 0.4) is 0 Å². The van der Waals surface area contributed by atoms with Crippen LogP contribution >= 0.6 is 0 Å². The summed E-state index contributed by atoms with van der Waals surface area (Å²) < 4.78 is 32.3. The molecule has 0 aromatic heterocycles. The number of carbonyl (C=O) groups excluding carboxylic acids is 1. The molecule has 0 fully saturated rings. The second kappa shape index (κ2) is 33.5. The molecule has 0 aliphatic heterocycles. The van der Waals surface area contributed by atoms with Gasteiger partial charge >= 0.3 is 0 Å². The Morgan fingerprint density at radius 1 is 0.574 bits per heavy atom. The van der Waals surface area contributed by atoms with E-state index in [0.29, 0.717) is 6.42 Å². The fraction of sp³-hybridized carbons (Fsp3) is 0.923. The third kappa shape index (κ3) is 33.3. The lowest BCUT2D eigenvalue weighted by Crippen LogP contribution is -2.50. The van der Waals surface area contributed by atoms with E-state index in [1.54, 1.807) is 6.08 Å². The van der Waals surface area contributed by atoms with Crippen molar-refractivity contribution in [1.82, 2.24) is 5.32 Å². The monoisotopic (exact) mass is 688 g/mol. The molecule has 0 spiro atoms. The fourth-order valence-corrected chi connectivity index (χ4v) is 6.96. The van der Waals surface area contributed by atoms with Gasteiger partial charge in [0.15, 0.2) is 0 Å². The number of allylic oxidation sites excluding steroid dienone is 1. The highest BCUT2D eigenvalue weighted by Crippen LogP contribution is 2.16. The van der Waals surface area contributed by atoms with E-state index in [1.165, 1.54) is 147 Å². The van der Waals surface area contributed by atoms with Gasteiger partial charge in [0.05, 0.1) is 17.9 Å². The SMILES string of the molecule is CCCCCCCCC/C=C/C(O)C(CS(=O)(=O)O)NC(=O)C(O)CCCCCCCCCCCCCCCCCCCCCCC. The lowest BCUT2D eigenvalue weighted by Gasteiger charge is -2.22. The quantitative estimate of drug-likeness (QED) is 0.0295. The second-order valence-corrected chi connectivity index (χ2v) is 15.6. The highest BCUT2D eigenvalue weighted by molar-refractivity contribution is 7.85. The molecule has 0 radical (unpaired) electrons. The number of aliphatic hydroxyl groups excluding tert-OH is 2. The molecule has 280 valence electrons. The molecule has 0 aliphatic rings. The molecule has 3 atom stereocenters. The van der Waals surface area contributed by atoms with E-state index in [9.17, 15) is 28.0 Å². The van der Waals surface area contributed by atoms with Crippen molar-refractivity contribution in [3.05, 3.63) is 12.2 Å². The van der Waals surface area contributed by atoms with Gasteiger partial charge in [0.2, 0.25) is 5.91 Å². The Morgan fingerprint density at radius 3 is 1.28 bits per heavy atom. The van der Waals surface area contributed by atoms with Crippen molar-refractivity contribution in [2.75, 3.05) is 5.75 Å². The minimum absolute atomic E-state index is 0.285. The molecule has 4 N–H and O–H groups in total. The molecule has 7 nitrogen and oxygen atoms in total. The lowest BCUT2D eigenvalue weighted by atomic mass is 10.0. The van der Waals surface area contributed by atoms with E-state index in [0.717, 1.165) is 38.5 Å². The van der Waals surface area contributed by atoms with Crippen molar-refractivity contribution in [3.63, 3.8) is 0 Å². The second-order valence-electron chi connectivity index (χ2n) is 14.1. The number of nitrogens with one attached hydrogen (secondary N) is 1. The van der Waals surface area contributed by atoms with E-state index < -0.39 is 40.0 Å². The normalized spacial score (nSPS) is 14.1. The molecule has 0 aromatic carbocycles. The van der Waals surface area contributed by atoms with Crippen LogP contribution in [0.4, 0.5) is 0 Å². The highest BCUT2D eigenvalue weighted by atomic mass is 32.2. The van der Waals surface area contributed by atoms with Crippen LogP contribution in [0.25, 0.3) is 0 Å². The number of aliphatic hydroxyl groups is 2. The van der Waals surface area contributed by atoms with Crippen LogP contribution in [0.5, 0.6) is 0 Å². The zero-order chi connectivity index (χ0) is 34.9. The zero-order valence-electron chi connectivity index (χ0n) is 30.8. The van der Waals surface area contributed by atoms with Crippen LogP contribution in [0.2, 0.25) is 0 Å². The first-order valence-corrected chi connectivity index (χ1v) is 21.6. The van der Waals surface area contributed by atoms with E-state index in [4.69, 9.17) is 0 Å². The van der Waals surface area contributed by atoms with Crippen molar-refractivity contribution >= 4 is 16.0 Å². The maximum absolute atomic E-state index is 12.5. The maximum Gasteiger partial charge on any atom is 0.267 e. The van der Waals surface area contributed by atoms with Crippen LogP contribution in [-0.4, -0.2) is 53.1 Å². The summed E-state index contributed by atoms with van der Waals surface area (Å²) >= 11 is 0. The summed E-state index contributed by atoms with van der Waals surface area (Å²) in [4.78, 5) is 12.5. The Labute approximate surface area is 291 Å². The fourth-order valence-electron chi connectivity index (χ4n) is 6.22. The van der Waals surface area contributed by atoms with Gasteiger partial charge in [-0.15, -0.1) is 0 Å². The van der Waals surface area contributed by atoms with Crippen LogP contribution < -0.4 is 5.32 Å². The van der Waals surface area contributed by atoms with E-state index in [2.05, 4.69) is 19.2 Å². The average Bonchev–Trinajstić information content (AvgIpc) is 3.03. The predicted molar refractivity (Wildman–Crippen MR) is 199 cm³/mol. The Balaban J connectivity index is 3.88. The number of hydrogen-bond donors (Lipinski definition) is 4. The molecule has 8 heteroatoms. The molecule has 0 saturated carbocycles. The van der Waals surface area contributed by atoms with Gasteiger partial charge in [0, 0.05) is 0 Å². The van der Waals surface area contributed by atoms with Crippen LogP contribution in [0.15, 0.2) is 12.2 Å². The van der Waals surface area contributed by atoms with Crippen molar-refractivity contribution < 1.29 is 28.0 Å². The largest absolute Gasteiger partial charge is 0.387 e. The molecule has 0 aromatic rings. The van der Waals surface area contributed by atoms with Gasteiger partial charge in [0.25, 0.3) is 10.1 Å². The third-order valence-electron chi connectivity index (χ3n) is 9.32. The molecule has 47 heavy (non-hydrogen) atoms. The average molecular weight is 688 g/mol. The summed E-state index contributed by atoms with van der Waals surface area (Å²) in [6.07, 6.45) is 37.2. The van der Waals surface area contributed by atoms with Gasteiger partial charge in [-0.25, -0.2) is 0 Å². The van der Waals surface area contributed by atoms with Crippen molar-refractivity contribution in [2.24, 2.45) is 0 Å². The summed E-state index contributed by atoms with van der Waals surface area (Å²) in [5.41, 5.74) is 0. The van der Waals surface area contributed by atoms with Gasteiger partial charge in [-0.2, -0.15) is 8.42 Å². The Morgan fingerprint density at radius 2 is 0.915 bits per heavy atom. The molecule has 1 amide bonds. The molecule has 0 rings (SSSR count). The van der Waals surface area contributed by atoms with Crippen molar-refractivity contribution in [3.8, 4) is 0 Å². The van der Waals surface area contributed by atoms with Crippen molar-refractivity contribution in [1.29, 1.82) is 0 Å². The third-order valence-corrected chi connectivity index (χ3v) is 10.1. The first-order chi connectivity index (χ1) is 22.7. The molecule has 3 unspecified atom stereocenters. The molecule has 0 heterocycles. The molecule has 0 saturated heterocycles. The number of rotatable bonds is 36. The molecular weight excluding hydrogens is 610 g/mol. The Hall–Kier alpha value is -0.960. The number of hydrogen-bond acceptors (Lipinski definition) is 5. The van der Waals surface area contributed by atoms with Crippen molar-refractivity contribution in [2.45, 2.75) is 225 Å². The lowest BCUT2D eigenvalue weighted by molar-refractivity contribution is -0.130. The van der Waals surface area contributed by atoms with Crippen LogP contribution in [-0.2, 0) is 14.9 Å². The zero-order valence-corrected chi connectivity index (χ0v) is 31.6. The first kappa shape index (κ1) is 46.0. The molecule has 0 aliphatic carbocycles. The highest BCUT2D eigenvalue weighted by Gasteiger charge is 2.27. The number of carbonyl (C=O) groups is 1. The summed E-state index contributed by atoms with van der Waals surface area (Å²) in [7, 11) is -4.43. The molecule has 0 bridgehead atoms. The minimum atomic E-state index is -4.43. The maximum atomic E-state index is 12.5. The first-order valence-electron chi connectivity index (χ1n) is 20.0. The van der Waals surface area contributed by atoms with Crippen LogP contribution in [0.1, 0.15) is 206 Å². The van der Waals surface area contributed by atoms with E-state index >= 15 is 0 Å². The van der Waals surface area contributed by atoms with Gasteiger partial charge in [-0.1, -0.05) is 199 Å². The smallest absolute Gasteiger partial charge is 0.267 e.